The summed E-state index contributed by atoms with van der Waals surface area (Å²) in [4.78, 5) is 24.8. The molecule has 0 aliphatic heterocycles. The van der Waals surface area contributed by atoms with Crippen molar-refractivity contribution in [1.29, 1.82) is 0 Å². The molecule has 0 N–H and O–H groups in total. The largest absolute Gasteiger partial charge is 0.451 e. The van der Waals surface area contributed by atoms with Gasteiger partial charge in [0.1, 0.15) is 5.58 Å². The number of nitrogens with zero attached hydrogens (tertiary/aromatic N) is 3. The van der Waals surface area contributed by atoms with Crippen LogP contribution in [-0.2, 0) is 5.75 Å². The van der Waals surface area contributed by atoms with E-state index in [0.29, 0.717) is 28.8 Å². The fourth-order valence-electron chi connectivity index (χ4n) is 5.02. The lowest BCUT2D eigenvalue weighted by Crippen LogP contribution is -2.45. The number of carbonyl (C=O) groups excluding carboxylic acids is 1. The molecule has 0 spiro atoms. The molecule has 2 aliphatic carbocycles. The number of aromatic nitrogens is 2. The number of benzene rings is 1. The van der Waals surface area contributed by atoms with Gasteiger partial charge in [-0.05, 0) is 37.8 Å². The maximum atomic E-state index is 13.9. The van der Waals surface area contributed by atoms with Crippen LogP contribution >= 0.6 is 11.8 Å². The number of carbonyl (C=O) groups is 1. The number of furan rings is 1. The first-order valence-electron chi connectivity index (χ1n) is 11.0. The molecule has 30 heavy (non-hydrogen) atoms. The number of hydrogen-bond donors (Lipinski definition) is 0. The van der Waals surface area contributed by atoms with Crippen LogP contribution in [0, 0.1) is 0 Å². The zero-order valence-corrected chi connectivity index (χ0v) is 17.9. The molecule has 0 saturated heterocycles. The van der Waals surface area contributed by atoms with Gasteiger partial charge in [0.2, 0.25) is 0 Å². The maximum absolute atomic E-state index is 13.9. The van der Waals surface area contributed by atoms with Crippen molar-refractivity contribution in [3.63, 3.8) is 0 Å². The maximum Gasteiger partial charge on any atom is 0.290 e. The average molecular weight is 422 g/mol. The SMILES string of the molecule is O=C(c1oc2ccccc2c1CSc1ncccn1)N(C1CCCC1)C1CCCC1. The van der Waals surface area contributed by atoms with Crippen molar-refractivity contribution in [1.82, 2.24) is 14.9 Å². The minimum Gasteiger partial charge on any atom is -0.451 e. The van der Waals surface area contributed by atoms with E-state index in [-0.39, 0.29) is 5.91 Å². The summed E-state index contributed by atoms with van der Waals surface area (Å²) in [6, 6.07) is 10.5. The molecule has 0 atom stereocenters. The summed E-state index contributed by atoms with van der Waals surface area (Å²) >= 11 is 1.55. The summed E-state index contributed by atoms with van der Waals surface area (Å²) in [6.07, 6.45) is 12.8. The fraction of sp³-hybridized carbons (Fsp3) is 0.458. The molecule has 2 aromatic heterocycles. The quantitative estimate of drug-likeness (QED) is 0.369. The Morgan fingerprint density at radius 3 is 2.27 bits per heavy atom. The minimum atomic E-state index is 0.0783. The Morgan fingerprint density at radius 1 is 0.967 bits per heavy atom. The van der Waals surface area contributed by atoms with E-state index in [2.05, 4.69) is 14.9 Å². The van der Waals surface area contributed by atoms with Gasteiger partial charge >= 0.3 is 0 Å². The molecule has 3 aromatic rings. The van der Waals surface area contributed by atoms with Crippen LogP contribution in [0.3, 0.4) is 0 Å². The summed E-state index contributed by atoms with van der Waals surface area (Å²) in [5.74, 6) is 1.21. The van der Waals surface area contributed by atoms with Crippen LogP contribution in [0.25, 0.3) is 11.0 Å². The van der Waals surface area contributed by atoms with Gasteiger partial charge in [-0.25, -0.2) is 9.97 Å². The van der Waals surface area contributed by atoms with Crippen LogP contribution in [0.2, 0.25) is 0 Å². The Bertz CT molecular complexity index is 992. The predicted molar refractivity (Wildman–Crippen MR) is 118 cm³/mol. The van der Waals surface area contributed by atoms with Gasteiger partial charge < -0.3 is 9.32 Å². The smallest absolute Gasteiger partial charge is 0.290 e. The van der Waals surface area contributed by atoms with Gasteiger partial charge in [0.15, 0.2) is 10.9 Å². The second-order valence-electron chi connectivity index (χ2n) is 8.31. The number of rotatable bonds is 6. The summed E-state index contributed by atoms with van der Waals surface area (Å²) in [5.41, 5.74) is 1.75. The van der Waals surface area contributed by atoms with Gasteiger partial charge in [-0.3, -0.25) is 4.79 Å². The lowest BCUT2D eigenvalue weighted by molar-refractivity contribution is 0.0549. The molecule has 5 nitrogen and oxygen atoms in total. The molecule has 0 unspecified atom stereocenters. The third-order valence-electron chi connectivity index (χ3n) is 6.45. The van der Waals surface area contributed by atoms with E-state index >= 15 is 0 Å². The first kappa shape index (κ1) is 19.6. The van der Waals surface area contributed by atoms with Crippen molar-refractivity contribution >= 4 is 28.6 Å². The second-order valence-corrected chi connectivity index (χ2v) is 9.26. The molecule has 0 bridgehead atoms. The van der Waals surface area contributed by atoms with Crippen molar-refractivity contribution in [3.8, 4) is 0 Å². The van der Waals surface area contributed by atoms with Gasteiger partial charge in [-0.2, -0.15) is 0 Å². The van der Waals surface area contributed by atoms with E-state index in [0.717, 1.165) is 42.2 Å². The van der Waals surface area contributed by atoms with Crippen molar-refractivity contribution in [2.45, 2.75) is 74.4 Å². The third-order valence-corrected chi connectivity index (χ3v) is 7.35. The van der Waals surface area contributed by atoms with Crippen LogP contribution in [0.4, 0.5) is 0 Å². The van der Waals surface area contributed by atoms with E-state index in [4.69, 9.17) is 4.42 Å². The fourth-order valence-corrected chi connectivity index (χ4v) is 5.85. The number of para-hydroxylation sites is 1. The highest BCUT2D eigenvalue weighted by molar-refractivity contribution is 7.98. The van der Waals surface area contributed by atoms with E-state index in [1.165, 1.54) is 25.7 Å². The molecule has 156 valence electrons. The number of thioether (sulfide) groups is 1. The molecule has 1 amide bonds. The average Bonchev–Trinajstić information content (AvgIpc) is 3.55. The Labute approximate surface area is 181 Å². The Balaban J connectivity index is 1.50. The van der Waals surface area contributed by atoms with Crippen LogP contribution in [0.5, 0.6) is 0 Å². The molecule has 2 aliphatic rings. The van der Waals surface area contributed by atoms with E-state index in [1.54, 1.807) is 24.2 Å². The van der Waals surface area contributed by atoms with Crippen molar-refractivity contribution in [3.05, 3.63) is 54.0 Å². The zero-order chi connectivity index (χ0) is 20.3. The molecule has 2 heterocycles. The number of amides is 1. The van der Waals surface area contributed by atoms with Crippen LogP contribution in [0.15, 0.2) is 52.3 Å². The molecular formula is C24H27N3O2S. The molecule has 2 saturated carbocycles. The van der Waals surface area contributed by atoms with Gasteiger partial charge in [-0.15, -0.1) is 0 Å². The Kier molecular flexibility index (Phi) is 5.75. The molecule has 6 heteroatoms. The van der Waals surface area contributed by atoms with E-state index in [1.807, 2.05) is 30.3 Å². The van der Waals surface area contributed by atoms with E-state index in [9.17, 15) is 4.79 Å². The Hall–Kier alpha value is -2.34. The first-order chi connectivity index (χ1) is 14.8. The summed E-state index contributed by atoms with van der Waals surface area (Å²) in [7, 11) is 0. The summed E-state index contributed by atoms with van der Waals surface area (Å²) < 4.78 is 6.20. The monoisotopic (exact) mass is 421 g/mol. The Morgan fingerprint density at radius 2 is 1.60 bits per heavy atom. The highest BCUT2D eigenvalue weighted by atomic mass is 32.2. The number of hydrogen-bond acceptors (Lipinski definition) is 5. The third kappa shape index (κ3) is 3.85. The highest BCUT2D eigenvalue weighted by Gasteiger charge is 2.37. The topological polar surface area (TPSA) is 59.2 Å². The van der Waals surface area contributed by atoms with Gasteiger partial charge in [0.25, 0.3) is 5.91 Å². The van der Waals surface area contributed by atoms with Gasteiger partial charge in [0.05, 0.1) is 0 Å². The van der Waals surface area contributed by atoms with Gasteiger partial charge in [-0.1, -0.05) is 55.6 Å². The predicted octanol–water partition coefficient (Wildman–Crippen LogP) is 5.84. The molecular weight excluding hydrogens is 394 g/mol. The van der Waals surface area contributed by atoms with E-state index < -0.39 is 0 Å². The van der Waals surface area contributed by atoms with Crippen molar-refractivity contribution in [2.75, 3.05) is 0 Å². The second kappa shape index (κ2) is 8.80. The minimum absolute atomic E-state index is 0.0783. The van der Waals surface area contributed by atoms with Crippen LogP contribution in [-0.4, -0.2) is 32.9 Å². The lowest BCUT2D eigenvalue weighted by atomic mass is 10.1. The van der Waals surface area contributed by atoms with Crippen LogP contribution < -0.4 is 0 Å². The summed E-state index contributed by atoms with van der Waals surface area (Å²) in [6.45, 7) is 0. The van der Waals surface area contributed by atoms with Crippen LogP contribution in [0.1, 0.15) is 67.5 Å². The zero-order valence-electron chi connectivity index (χ0n) is 17.1. The summed E-state index contributed by atoms with van der Waals surface area (Å²) in [5, 5.41) is 1.73. The van der Waals surface area contributed by atoms with Gasteiger partial charge in [0, 0.05) is 41.2 Å². The first-order valence-corrected chi connectivity index (χ1v) is 12.0. The standard InChI is InChI=1S/C24H27N3O2S/c28-23(27(17-8-1-2-9-17)18-10-3-4-11-18)22-20(16-30-24-25-14-7-15-26-24)19-12-5-6-13-21(19)29-22/h5-7,12-15,17-18H,1-4,8-11,16H2. The number of fused-ring (bicyclic) bond motifs is 1. The molecule has 0 radical (unpaired) electrons. The highest BCUT2D eigenvalue weighted by Crippen LogP contribution is 2.36. The van der Waals surface area contributed by atoms with Crippen molar-refractivity contribution in [2.24, 2.45) is 0 Å². The molecule has 2 fully saturated rings. The molecule has 1 aromatic carbocycles. The van der Waals surface area contributed by atoms with Crippen molar-refractivity contribution < 1.29 is 9.21 Å². The normalized spacial score (nSPS) is 17.7. The lowest BCUT2D eigenvalue weighted by Gasteiger charge is -2.34. The molecule has 5 rings (SSSR count).